The first-order valence-electron chi connectivity index (χ1n) is 6.92. The van der Waals surface area contributed by atoms with Gasteiger partial charge in [-0.05, 0) is 50.3 Å². The highest BCUT2D eigenvalue weighted by atomic mass is 16.5. The summed E-state index contributed by atoms with van der Waals surface area (Å²) in [5, 5.41) is 0. The zero-order valence-electron chi connectivity index (χ0n) is 12.5. The van der Waals surface area contributed by atoms with Gasteiger partial charge < -0.3 is 10.5 Å². The standard InChI is InChI=1S/C16H25NO2/c1-5-16(11-17,15(18)19-6-2)10-14-8-7-12(3)13(4)9-14/h7-9H,5-6,10-11,17H2,1-4H3. The van der Waals surface area contributed by atoms with Gasteiger partial charge in [-0.15, -0.1) is 0 Å². The van der Waals surface area contributed by atoms with Crippen LogP contribution in [-0.2, 0) is 16.0 Å². The van der Waals surface area contributed by atoms with E-state index in [1.165, 1.54) is 11.1 Å². The molecule has 0 amide bonds. The normalized spacial score (nSPS) is 13.9. The van der Waals surface area contributed by atoms with Crippen LogP contribution in [0.25, 0.3) is 0 Å². The maximum absolute atomic E-state index is 12.2. The average Bonchev–Trinajstić information content (AvgIpc) is 2.40. The molecule has 1 unspecified atom stereocenters. The molecule has 1 aromatic carbocycles. The van der Waals surface area contributed by atoms with E-state index in [1.54, 1.807) is 0 Å². The summed E-state index contributed by atoms with van der Waals surface area (Å²) in [5.74, 6) is -0.182. The van der Waals surface area contributed by atoms with Gasteiger partial charge in [0.05, 0.1) is 12.0 Å². The van der Waals surface area contributed by atoms with Crippen LogP contribution in [0.2, 0.25) is 0 Å². The van der Waals surface area contributed by atoms with E-state index in [4.69, 9.17) is 10.5 Å². The molecule has 1 rings (SSSR count). The van der Waals surface area contributed by atoms with E-state index in [2.05, 4.69) is 32.0 Å². The van der Waals surface area contributed by atoms with Crippen LogP contribution < -0.4 is 5.73 Å². The van der Waals surface area contributed by atoms with Crippen molar-refractivity contribution < 1.29 is 9.53 Å². The fourth-order valence-corrected chi connectivity index (χ4v) is 2.23. The van der Waals surface area contributed by atoms with Crippen molar-refractivity contribution in [2.75, 3.05) is 13.2 Å². The summed E-state index contributed by atoms with van der Waals surface area (Å²) in [6.45, 7) is 8.69. The van der Waals surface area contributed by atoms with Gasteiger partial charge in [0.25, 0.3) is 0 Å². The predicted molar refractivity (Wildman–Crippen MR) is 78.0 cm³/mol. The van der Waals surface area contributed by atoms with Gasteiger partial charge >= 0.3 is 5.97 Å². The van der Waals surface area contributed by atoms with Crippen molar-refractivity contribution >= 4 is 5.97 Å². The predicted octanol–water partition coefficient (Wildman–Crippen LogP) is 2.76. The third-order valence-corrected chi connectivity index (χ3v) is 3.89. The van der Waals surface area contributed by atoms with Gasteiger partial charge in [0.2, 0.25) is 0 Å². The van der Waals surface area contributed by atoms with Crippen LogP contribution in [0.15, 0.2) is 18.2 Å². The highest BCUT2D eigenvalue weighted by molar-refractivity contribution is 5.77. The molecule has 0 radical (unpaired) electrons. The van der Waals surface area contributed by atoms with Gasteiger partial charge in [-0.2, -0.15) is 0 Å². The van der Waals surface area contributed by atoms with E-state index in [1.807, 2.05) is 13.8 Å². The molecular weight excluding hydrogens is 238 g/mol. The SMILES string of the molecule is CCOC(=O)C(CC)(CN)Cc1ccc(C)c(C)c1. The summed E-state index contributed by atoms with van der Waals surface area (Å²) < 4.78 is 5.20. The number of benzene rings is 1. The minimum atomic E-state index is -0.599. The molecule has 106 valence electrons. The topological polar surface area (TPSA) is 52.3 Å². The smallest absolute Gasteiger partial charge is 0.313 e. The average molecular weight is 263 g/mol. The Kier molecular flexibility index (Phi) is 5.55. The van der Waals surface area contributed by atoms with E-state index in [0.717, 1.165) is 5.56 Å². The lowest BCUT2D eigenvalue weighted by Gasteiger charge is -2.29. The Morgan fingerprint density at radius 1 is 1.26 bits per heavy atom. The summed E-state index contributed by atoms with van der Waals surface area (Å²) in [7, 11) is 0. The minimum absolute atomic E-state index is 0.182. The van der Waals surface area contributed by atoms with E-state index in [9.17, 15) is 4.79 Å². The van der Waals surface area contributed by atoms with E-state index in [-0.39, 0.29) is 5.97 Å². The van der Waals surface area contributed by atoms with Crippen molar-refractivity contribution in [2.24, 2.45) is 11.1 Å². The summed E-state index contributed by atoms with van der Waals surface area (Å²) in [5.41, 5.74) is 8.91. The van der Waals surface area contributed by atoms with Crippen LogP contribution in [0.5, 0.6) is 0 Å². The molecule has 0 fully saturated rings. The lowest BCUT2D eigenvalue weighted by atomic mass is 9.79. The molecule has 3 heteroatoms. The largest absolute Gasteiger partial charge is 0.466 e. The van der Waals surface area contributed by atoms with Gasteiger partial charge in [0, 0.05) is 6.54 Å². The molecule has 3 nitrogen and oxygen atoms in total. The summed E-state index contributed by atoms with van der Waals surface area (Å²) in [6.07, 6.45) is 1.33. The number of rotatable bonds is 6. The molecule has 0 saturated heterocycles. The quantitative estimate of drug-likeness (QED) is 0.803. The second-order valence-corrected chi connectivity index (χ2v) is 5.15. The molecule has 0 bridgehead atoms. The highest BCUT2D eigenvalue weighted by Gasteiger charge is 2.37. The second kappa shape index (κ2) is 6.71. The molecule has 0 aromatic heterocycles. The molecule has 0 aliphatic heterocycles. The van der Waals surface area contributed by atoms with Gasteiger partial charge in [-0.3, -0.25) is 4.79 Å². The third-order valence-electron chi connectivity index (χ3n) is 3.89. The Morgan fingerprint density at radius 2 is 1.95 bits per heavy atom. The van der Waals surface area contributed by atoms with Crippen molar-refractivity contribution in [3.8, 4) is 0 Å². The van der Waals surface area contributed by atoms with Crippen LogP contribution in [-0.4, -0.2) is 19.1 Å². The zero-order valence-corrected chi connectivity index (χ0v) is 12.5. The number of aryl methyl sites for hydroxylation is 2. The van der Waals surface area contributed by atoms with Crippen molar-refractivity contribution in [2.45, 2.75) is 40.5 Å². The molecule has 0 aliphatic carbocycles. The van der Waals surface area contributed by atoms with Crippen LogP contribution in [0.4, 0.5) is 0 Å². The zero-order chi connectivity index (χ0) is 14.5. The van der Waals surface area contributed by atoms with Gasteiger partial charge in [0.15, 0.2) is 0 Å². The van der Waals surface area contributed by atoms with Crippen LogP contribution in [0.1, 0.15) is 37.0 Å². The Balaban J connectivity index is 3.00. The van der Waals surface area contributed by atoms with Crippen molar-refractivity contribution in [3.05, 3.63) is 34.9 Å². The van der Waals surface area contributed by atoms with Crippen molar-refractivity contribution in [1.29, 1.82) is 0 Å². The van der Waals surface area contributed by atoms with Crippen LogP contribution >= 0.6 is 0 Å². The molecular formula is C16H25NO2. The third kappa shape index (κ3) is 3.57. The van der Waals surface area contributed by atoms with Gasteiger partial charge in [0.1, 0.15) is 0 Å². The minimum Gasteiger partial charge on any atom is -0.466 e. The molecule has 0 spiro atoms. The Hall–Kier alpha value is -1.35. The molecule has 1 atom stereocenters. The Bertz CT molecular complexity index is 436. The molecule has 19 heavy (non-hydrogen) atoms. The van der Waals surface area contributed by atoms with Crippen LogP contribution in [0, 0.1) is 19.3 Å². The number of esters is 1. The summed E-state index contributed by atoms with van der Waals surface area (Å²) in [4.78, 5) is 12.2. The summed E-state index contributed by atoms with van der Waals surface area (Å²) in [6, 6.07) is 6.29. The number of carbonyl (C=O) groups excluding carboxylic acids is 1. The van der Waals surface area contributed by atoms with Crippen LogP contribution in [0.3, 0.4) is 0 Å². The molecule has 1 aromatic rings. The highest BCUT2D eigenvalue weighted by Crippen LogP contribution is 2.28. The molecule has 2 N–H and O–H groups in total. The van der Waals surface area contributed by atoms with E-state index in [0.29, 0.717) is 26.0 Å². The lowest BCUT2D eigenvalue weighted by Crippen LogP contribution is -2.41. The Labute approximate surface area is 116 Å². The van der Waals surface area contributed by atoms with E-state index >= 15 is 0 Å². The molecule has 0 saturated carbocycles. The van der Waals surface area contributed by atoms with Gasteiger partial charge in [-0.1, -0.05) is 25.1 Å². The second-order valence-electron chi connectivity index (χ2n) is 5.15. The molecule has 0 heterocycles. The fraction of sp³-hybridized carbons (Fsp3) is 0.562. The first-order valence-corrected chi connectivity index (χ1v) is 6.92. The fourth-order valence-electron chi connectivity index (χ4n) is 2.23. The number of carbonyl (C=O) groups is 1. The number of ether oxygens (including phenoxy) is 1. The van der Waals surface area contributed by atoms with Gasteiger partial charge in [-0.25, -0.2) is 0 Å². The molecule has 0 aliphatic rings. The lowest BCUT2D eigenvalue weighted by molar-refractivity contribution is -0.155. The maximum Gasteiger partial charge on any atom is 0.313 e. The maximum atomic E-state index is 12.2. The summed E-state index contributed by atoms with van der Waals surface area (Å²) >= 11 is 0. The first kappa shape index (κ1) is 15.7. The number of hydrogen-bond donors (Lipinski definition) is 1. The number of hydrogen-bond acceptors (Lipinski definition) is 3. The first-order chi connectivity index (χ1) is 8.99. The van der Waals surface area contributed by atoms with E-state index < -0.39 is 5.41 Å². The van der Waals surface area contributed by atoms with Crippen molar-refractivity contribution in [3.63, 3.8) is 0 Å². The monoisotopic (exact) mass is 263 g/mol. The Morgan fingerprint density at radius 3 is 2.42 bits per heavy atom. The van der Waals surface area contributed by atoms with Crippen molar-refractivity contribution in [1.82, 2.24) is 0 Å². The number of nitrogens with two attached hydrogens (primary N) is 1.